The number of hydrogen-bond donors (Lipinski definition) is 2. The van der Waals surface area contributed by atoms with Gasteiger partial charge in [-0.05, 0) is 39.3 Å². The third kappa shape index (κ3) is 5.62. The molecule has 164 valence electrons. The van der Waals surface area contributed by atoms with Gasteiger partial charge >= 0.3 is 11.9 Å². The first-order valence-corrected chi connectivity index (χ1v) is 10.3. The van der Waals surface area contributed by atoms with Gasteiger partial charge in [0.2, 0.25) is 0 Å². The zero-order chi connectivity index (χ0) is 22.3. The monoisotopic (exact) mass is 436 g/mol. The van der Waals surface area contributed by atoms with E-state index in [1.54, 1.807) is 52.0 Å². The van der Waals surface area contributed by atoms with Crippen LogP contribution in [0.4, 0.5) is 0 Å². The van der Waals surface area contributed by atoms with Crippen LogP contribution in [0.1, 0.15) is 39.2 Å². The molecule has 0 radical (unpaired) electrons. The standard InChI is InChI=1S/C22H29ClN2O5/c1-5-29-21(26)20-17(12-28-11-10-24)25-14(4)18(22(27)30-13(2)3)19(20)15-8-6-7-9-16(15)23/h6-9,13,19,25H,5,10-12,24H2,1-4H3. The molecule has 1 unspecified atom stereocenters. The zero-order valence-corrected chi connectivity index (χ0v) is 18.5. The van der Waals surface area contributed by atoms with Crippen molar-refractivity contribution < 1.29 is 23.8 Å². The molecule has 8 heteroatoms. The lowest BCUT2D eigenvalue weighted by molar-refractivity contribution is -0.143. The quantitative estimate of drug-likeness (QED) is 0.453. The van der Waals surface area contributed by atoms with E-state index in [1.165, 1.54) is 0 Å². The third-order valence-corrected chi connectivity index (χ3v) is 4.77. The Balaban J connectivity index is 2.67. The fourth-order valence-electron chi connectivity index (χ4n) is 3.29. The fraction of sp³-hybridized carbons (Fsp3) is 0.455. The second-order valence-electron chi connectivity index (χ2n) is 7.03. The number of nitrogens with two attached hydrogens (primary N) is 1. The van der Waals surface area contributed by atoms with Crippen molar-refractivity contribution >= 4 is 23.5 Å². The summed E-state index contributed by atoms with van der Waals surface area (Å²) in [5, 5.41) is 3.56. The van der Waals surface area contributed by atoms with Gasteiger partial charge in [0.05, 0.1) is 48.7 Å². The molecule has 1 atom stereocenters. The molecule has 1 aromatic carbocycles. The van der Waals surface area contributed by atoms with Gasteiger partial charge in [-0.2, -0.15) is 0 Å². The van der Waals surface area contributed by atoms with E-state index in [0.717, 1.165) is 0 Å². The van der Waals surface area contributed by atoms with Gasteiger partial charge in [0, 0.05) is 17.3 Å². The molecule has 1 aromatic rings. The molecule has 30 heavy (non-hydrogen) atoms. The van der Waals surface area contributed by atoms with E-state index in [1.807, 2.05) is 0 Å². The summed E-state index contributed by atoms with van der Waals surface area (Å²) in [6, 6.07) is 7.09. The number of hydrogen-bond acceptors (Lipinski definition) is 7. The molecule has 0 aliphatic carbocycles. The van der Waals surface area contributed by atoms with E-state index in [0.29, 0.717) is 40.7 Å². The predicted molar refractivity (Wildman–Crippen MR) is 115 cm³/mol. The number of rotatable bonds is 9. The largest absolute Gasteiger partial charge is 0.463 e. The van der Waals surface area contributed by atoms with Crippen LogP contribution in [-0.2, 0) is 23.8 Å². The minimum absolute atomic E-state index is 0.107. The van der Waals surface area contributed by atoms with E-state index in [2.05, 4.69) is 5.32 Å². The van der Waals surface area contributed by atoms with Crippen LogP contribution in [0.5, 0.6) is 0 Å². The molecule has 0 bridgehead atoms. The molecule has 0 saturated heterocycles. The highest BCUT2D eigenvalue weighted by atomic mass is 35.5. The Morgan fingerprint density at radius 3 is 2.50 bits per heavy atom. The molecule has 1 aliphatic heterocycles. The van der Waals surface area contributed by atoms with E-state index in [9.17, 15) is 9.59 Å². The highest BCUT2D eigenvalue weighted by Crippen LogP contribution is 2.42. The Morgan fingerprint density at radius 1 is 1.20 bits per heavy atom. The van der Waals surface area contributed by atoms with Gasteiger partial charge in [-0.15, -0.1) is 0 Å². The average Bonchev–Trinajstić information content (AvgIpc) is 2.67. The van der Waals surface area contributed by atoms with Crippen molar-refractivity contribution in [3.8, 4) is 0 Å². The molecule has 1 heterocycles. The lowest BCUT2D eigenvalue weighted by Crippen LogP contribution is -2.35. The molecule has 0 aromatic heterocycles. The number of allylic oxidation sites excluding steroid dienone is 1. The van der Waals surface area contributed by atoms with E-state index in [4.69, 9.17) is 31.5 Å². The summed E-state index contributed by atoms with van der Waals surface area (Å²) in [6.45, 7) is 7.97. The number of nitrogens with one attached hydrogen (secondary N) is 1. The van der Waals surface area contributed by atoms with Crippen molar-refractivity contribution in [3.63, 3.8) is 0 Å². The summed E-state index contributed by atoms with van der Waals surface area (Å²) in [7, 11) is 0. The Morgan fingerprint density at radius 2 is 1.90 bits per heavy atom. The highest BCUT2D eigenvalue weighted by molar-refractivity contribution is 6.31. The number of esters is 2. The van der Waals surface area contributed by atoms with Crippen LogP contribution < -0.4 is 11.1 Å². The summed E-state index contributed by atoms with van der Waals surface area (Å²) in [6.07, 6.45) is -0.325. The predicted octanol–water partition coefficient (Wildman–Crippen LogP) is 3.04. The van der Waals surface area contributed by atoms with Crippen LogP contribution in [0.15, 0.2) is 46.8 Å². The van der Waals surface area contributed by atoms with Gasteiger partial charge in [0.1, 0.15) is 0 Å². The number of carbonyl (C=O) groups is 2. The van der Waals surface area contributed by atoms with E-state index in [-0.39, 0.29) is 24.9 Å². The second kappa shape index (κ2) is 11.2. The summed E-state index contributed by atoms with van der Waals surface area (Å²) >= 11 is 6.48. The van der Waals surface area contributed by atoms with Gasteiger partial charge in [0.15, 0.2) is 0 Å². The first kappa shape index (κ1) is 23.9. The third-order valence-electron chi connectivity index (χ3n) is 4.43. The lowest BCUT2D eigenvalue weighted by atomic mass is 9.80. The molecule has 1 aliphatic rings. The van der Waals surface area contributed by atoms with Crippen LogP contribution in [-0.4, -0.2) is 44.4 Å². The van der Waals surface area contributed by atoms with Crippen LogP contribution in [0.25, 0.3) is 0 Å². The Hall–Kier alpha value is -2.35. The normalized spacial score (nSPS) is 16.6. The fourth-order valence-corrected chi connectivity index (χ4v) is 3.53. The van der Waals surface area contributed by atoms with Crippen LogP contribution in [0, 0.1) is 0 Å². The Bertz CT molecular complexity index is 848. The topological polar surface area (TPSA) is 99.9 Å². The summed E-state index contributed by atoms with van der Waals surface area (Å²) in [4.78, 5) is 26.0. The van der Waals surface area contributed by atoms with Crippen LogP contribution in [0.3, 0.4) is 0 Å². The molecule has 0 amide bonds. The molecule has 0 spiro atoms. The lowest BCUT2D eigenvalue weighted by Gasteiger charge is -2.32. The molecule has 0 saturated carbocycles. The van der Waals surface area contributed by atoms with Gasteiger partial charge in [-0.1, -0.05) is 29.8 Å². The smallest absolute Gasteiger partial charge is 0.337 e. The SMILES string of the molecule is CCOC(=O)C1=C(COCCN)NC(C)=C(C(=O)OC(C)C)C1c1ccccc1Cl. The second-order valence-corrected chi connectivity index (χ2v) is 7.43. The summed E-state index contributed by atoms with van der Waals surface area (Å²) in [5.41, 5.74) is 7.77. The van der Waals surface area contributed by atoms with Crippen LogP contribution in [0.2, 0.25) is 5.02 Å². The molecule has 0 fully saturated rings. The van der Waals surface area contributed by atoms with Gasteiger partial charge in [-0.3, -0.25) is 0 Å². The zero-order valence-electron chi connectivity index (χ0n) is 17.8. The maximum absolute atomic E-state index is 13.0. The van der Waals surface area contributed by atoms with Crippen molar-refractivity contribution in [2.75, 3.05) is 26.4 Å². The molecule has 7 nitrogen and oxygen atoms in total. The molecular formula is C22H29ClN2O5. The Kier molecular flexibility index (Phi) is 8.89. The summed E-state index contributed by atoms with van der Waals surface area (Å²) < 4.78 is 16.4. The first-order chi connectivity index (χ1) is 14.3. The first-order valence-electron chi connectivity index (χ1n) is 9.92. The molecule has 2 rings (SSSR count). The molecular weight excluding hydrogens is 408 g/mol. The van der Waals surface area contributed by atoms with Crippen molar-refractivity contribution in [1.29, 1.82) is 0 Å². The van der Waals surface area contributed by atoms with Gasteiger partial charge < -0.3 is 25.3 Å². The maximum Gasteiger partial charge on any atom is 0.337 e. The number of ether oxygens (including phenoxy) is 3. The van der Waals surface area contributed by atoms with Gasteiger partial charge in [0.25, 0.3) is 0 Å². The van der Waals surface area contributed by atoms with Crippen molar-refractivity contribution in [3.05, 3.63) is 57.4 Å². The number of dihydropyridines is 1. The van der Waals surface area contributed by atoms with Crippen LogP contribution >= 0.6 is 11.6 Å². The van der Waals surface area contributed by atoms with Crippen molar-refractivity contribution in [2.45, 2.75) is 39.7 Å². The van der Waals surface area contributed by atoms with Gasteiger partial charge in [-0.25, -0.2) is 9.59 Å². The van der Waals surface area contributed by atoms with E-state index >= 15 is 0 Å². The van der Waals surface area contributed by atoms with Crippen molar-refractivity contribution in [2.24, 2.45) is 5.73 Å². The average molecular weight is 437 g/mol. The highest BCUT2D eigenvalue weighted by Gasteiger charge is 2.40. The minimum atomic E-state index is -0.762. The number of benzene rings is 1. The van der Waals surface area contributed by atoms with Crippen molar-refractivity contribution in [1.82, 2.24) is 5.32 Å². The molecule has 3 N–H and O–H groups in total. The Labute approximate surface area is 182 Å². The minimum Gasteiger partial charge on any atom is -0.463 e. The summed E-state index contributed by atoms with van der Waals surface area (Å²) in [5.74, 6) is -1.84. The number of carbonyl (C=O) groups excluding carboxylic acids is 2. The van der Waals surface area contributed by atoms with E-state index < -0.39 is 17.9 Å². The maximum atomic E-state index is 13.0. The number of halogens is 1.